The zero-order chi connectivity index (χ0) is 20.1. The van der Waals surface area contributed by atoms with E-state index in [1.807, 2.05) is 43.3 Å². The topological polar surface area (TPSA) is 36.4 Å². The summed E-state index contributed by atoms with van der Waals surface area (Å²) in [6.07, 6.45) is 2.52. The molecule has 0 aliphatic rings. The fourth-order valence-electron chi connectivity index (χ4n) is 3.11. The lowest BCUT2D eigenvalue weighted by Crippen LogP contribution is -2.32. The minimum absolute atomic E-state index is 0.294. The second-order valence-electron chi connectivity index (χ2n) is 7.04. The van der Waals surface area contributed by atoms with Crippen molar-refractivity contribution < 1.29 is 9.18 Å². The zero-order valence-corrected chi connectivity index (χ0v) is 16.8. The highest BCUT2D eigenvalue weighted by molar-refractivity contribution is 6.35. The summed E-state index contributed by atoms with van der Waals surface area (Å²) in [5.74, 6) is -0.294. The molecule has 1 heterocycles. The number of halogens is 2. The van der Waals surface area contributed by atoms with E-state index >= 15 is 0 Å². The maximum atomic E-state index is 14.8. The Labute approximate surface area is 169 Å². The van der Waals surface area contributed by atoms with Crippen molar-refractivity contribution in [2.75, 3.05) is 33.7 Å². The van der Waals surface area contributed by atoms with Crippen LogP contribution in [0, 0.1) is 5.82 Å². The lowest BCUT2D eigenvalue weighted by molar-refractivity contribution is -0.109. The van der Waals surface area contributed by atoms with Gasteiger partial charge in [-0.15, -0.1) is 0 Å². The van der Waals surface area contributed by atoms with Gasteiger partial charge in [-0.05, 0) is 43.4 Å². The van der Waals surface area contributed by atoms with E-state index in [2.05, 4.69) is 9.88 Å². The first-order valence-electron chi connectivity index (χ1n) is 9.11. The van der Waals surface area contributed by atoms with E-state index in [1.165, 1.54) is 0 Å². The highest BCUT2D eigenvalue weighted by Gasteiger charge is 2.11. The number of carbonyl (C=O) groups is 1. The summed E-state index contributed by atoms with van der Waals surface area (Å²) in [6, 6.07) is 12.5. The fourth-order valence-corrected chi connectivity index (χ4v) is 3.33. The van der Waals surface area contributed by atoms with E-state index in [9.17, 15) is 9.18 Å². The second-order valence-corrected chi connectivity index (χ2v) is 7.45. The van der Waals surface area contributed by atoms with Gasteiger partial charge in [0, 0.05) is 36.8 Å². The average Bonchev–Trinajstić information content (AvgIpc) is 2.66. The Bertz CT molecular complexity index is 977. The van der Waals surface area contributed by atoms with Crippen LogP contribution in [0.2, 0.25) is 5.02 Å². The third-order valence-corrected chi connectivity index (χ3v) is 4.97. The van der Waals surface area contributed by atoms with Crippen molar-refractivity contribution in [3.05, 3.63) is 65.1 Å². The quantitative estimate of drug-likeness (QED) is 0.530. The molecule has 0 aliphatic heterocycles. The number of hydrogen-bond acceptors (Lipinski definition) is 4. The highest BCUT2D eigenvalue weighted by atomic mass is 35.5. The number of fused-ring (bicyclic) bond motifs is 1. The van der Waals surface area contributed by atoms with Gasteiger partial charge in [0.2, 0.25) is 0 Å². The molecule has 0 unspecified atom stereocenters. The van der Waals surface area contributed by atoms with Crippen molar-refractivity contribution in [1.82, 2.24) is 14.8 Å². The Morgan fingerprint density at radius 3 is 2.64 bits per heavy atom. The molecular weight excluding hydrogens is 377 g/mol. The largest absolute Gasteiger partial charge is 0.308 e. The summed E-state index contributed by atoms with van der Waals surface area (Å²) < 4.78 is 14.8. The van der Waals surface area contributed by atoms with Crippen LogP contribution in [0.5, 0.6) is 0 Å². The lowest BCUT2D eigenvalue weighted by Gasteiger charge is -2.22. The van der Waals surface area contributed by atoms with Gasteiger partial charge in [-0.3, -0.25) is 9.88 Å². The number of carbonyl (C=O) groups excluding carboxylic acids is 1. The molecule has 0 amide bonds. The van der Waals surface area contributed by atoms with Gasteiger partial charge in [0.25, 0.3) is 0 Å². The first-order chi connectivity index (χ1) is 13.5. The van der Waals surface area contributed by atoms with Crippen molar-refractivity contribution in [1.29, 1.82) is 0 Å². The molecule has 0 spiro atoms. The van der Waals surface area contributed by atoms with Gasteiger partial charge >= 0.3 is 0 Å². The van der Waals surface area contributed by atoms with Crippen molar-refractivity contribution in [2.24, 2.45) is 0 Å². The van der Waals surface area contributed by atoms with Gasteiger partial charge in [-0.1, -0.05) is 35.9 Å². The summed E-state index contributed by atoms with van der Waals surface area (Å²) in [4.78, 5) is 19.3. The fraction of sp³-hybridized carbons (Fsp3) is 0.273. The zero-order valence-electron chi connectivity index (χ0n) is 16.0. The van der Waals surface area contributed by atoms with Crippen LogP contribution in [0.3, 0.4) is 0 Å². The number of pyridine rings is 1. The van der Waals surface area contributed by atoms with Gasteiger partial charge in [0.1, 0.15) is 12.1 Å². The van der Waals surface area contributed by atoms with Crippen molar-refractivity contribution in [2.45, 2.75) is 6.54 Å². The van der Waals surface area contributed by atoms with Crippen LogP contribution >= 0.6 is 11.6 Å². The van der Waals surface area contributed by atoms with E-state index in [4.69, 9.17) is 11.6 Å². The Morgan fingerprint density at radius 2 is 1.93 bits per heavy atom. The Kier molecular flexibility index (Phi) is 6.73. The van der Waals surface area contributed by atoms with E-state index in [0.29, 0.717) is 23.7 Å². The highest BCUT2D eigenvalue weighted by Crippen LogP contribution is 2.29. The molecule has 1 aromatic heterocycles. The van der Waals surface area contributed by atoms with Crippen LogP contribution < -0.4 is 0 Å². The number of hydrogen-bond donors (Lipinski definition) is 0. The van der Waals surface area contributed by atoms with Crippen LogP contribution in [0.25, 0.3) is 22.0 Å². The molecule has 28 heavy (non-hydrogen) atoms. The molecule has 3 rings (SSSR count). The summed E-state index contributed by atoms with van der Waals surface area (Å²) >= 11 is 6.18. The van der Waals surface area contributed by atoms with Crippen molar-refractivity contribution in [3.8, 4) is 11.1 Å². The molecule has 2 aromatic carbocycles. The van der Waals surface area contributed by atoms with Crippen LogP contribution in [0.1, 0.15) is 5.56 Å². The maximum Gasteiger partial charge on any atom is 0.133 e. The number of benzene rings is 2. The molecule has 0 fully saturated rings. The smallest absolute Gasteiger partial charge is 0.133 e. The second kappa shape index (κ2) is 9.24. The monoisotopic (exact) mass is 399 g/mol. The first-order valence-corrected chi connectivity index (χ1v) is 9.49. The number of likely N-dealkylation sites (N-methyl/N-ethyl adjacent to an activating group) is 1. The Morgan fingerprint density at radius 1 is 1.11 bits per heavy atom. The molecule has 3 aromatic rings. The molecule has 4 nitrogen and oxygen atoms in total. The van der Waals surface area contributed by atoms with Crippen LogP contribution in [-0.4, -0.2) is 54.8 Å². The molecule has 0 N–H and O–H groups in total. The molecular formula is C22H23ClFN3O. The summed E-state index contributed by atoms with van der Waals surface area (Å²) in [6.45, 7) is 2.43. The van der Waals surface area contributed by atoms with Gasteiger partial charge in [-0.25, -0.2) is 4.39 Å². The third-order valence-electron chi connectivity index (χ3n) is 4.64. The molecule has 0 radical (unpaired) electrons. The molecule has 146 valence electrons. The van der Waals surface area contributed by atoms with E-state index < -0.39 is 0 Å². The molecule has 0 saturated carbocycles. The van der Waals surface area contributed by atoms with Crippen molar-refractivity contribution in [3.63, 3.8) is 0 Å². The number of aromatic nitrogens is 1. The van der Waals surface area contributed by atoms with Crippen molar-refractivity contribution >= 4 is 28.8 Å². The van der Waals surface area contributed by atoms with Crippen LogP contribution in [0.4, 0.5) is 4.39 Å². The number of nitrogens with zero attached hydrogens (tertiary/aromatic N) is 3. The predicted octanol–water partition coefficient (Wildman–Crippen LogP) is 4.26. The van der Waals surface area contributed by atoms with E-state index in [1.54, 1.807) is 24.4 Å². The van der Waals surface area contributed by atoms with E-state index in [-0.39, 0.29) is 5.82 Å². The summed E-state index contributed by atoms with van der Waals surface area (Å²) in [5, 5.41) is 1.47. The molecule has 0 saturated heterocycles. The first kappa shape index (κ1) is 20.4. The molecule has 6 heteroatoms. The van der Waals surface area contributed by atoms with Gasteiger partial charge in [0.15, 0.2) is 0 Å². The number of rotatable bonds is 8. The predicted molar refractivity (Wildman–Crippen MR) is 112 cm³/mol. The van der Waals surface area contributed by atoms with E-state index in [0.717, 1.165) is 41.4 Å². The maximum absolute atomic E-state index is 14.8. The normalized spacial score (nSPS) is 11.5. The third kappa shape index (κ3) is 4.93. The number of aldehydes is 1. The summed E-state index contributed by atoms with van der Waals surface area (Å²) in [7, 11) is 3.97. The standard InChI is InChI=1S/C22H23ClFN3O/c1-26(2)9-10-27(11-12-28)15-16-3-5-18(21(24)13-16)17-4-6-19-20(23)7-8-25-22(19)14-17/h3-8,12-14H,9-11,15H2,1-2H3. The minimum Gasteiger partial charge on any atom is -0.308 e. The summed E-state index contributed by atoms with van der Waals surface area (Å²) in [5.41, 5.74) is 2.84. The van der Waals surface area contributed by atoms with Gasteiger partial charge in [0.05, 0.1) is 17.1 Å². The molecule has 0 bridgehead atoms. The lowest BCUT2D eigenvalue weighted by atomic mass is 10.0. The Hall–Kier alpha value is -2.34. The average molecular weight is 400 g/mol. The molecule has 0 atom stereocenters. The molecule has 0 aliphatic carbocycles. The Balaban J connectivity index is 1.82. The SMILES string of the molecule is CN(C)CCN(CC=O)Cc1ccc(-c2ccc3c(Cl)ccnc3c2)c(F)c1. The minimum atomic E-state index is -0.294. The van der Waals surface area contributed by atoms with Crippen LogP contribution in [-0.2, 0) is 11.3 Å². The van der Waals surface area contributed by atoms with Gasteiger partial charge in [-0.2, -0.15) is 0 Å². The van der Waals surface area contributed by atoms with Gasteiger partial charge < -0.3 is 9.69 Å². The van der Waals surface area contributed by atoms with Crippen LogP contribution in [0.15, 0.2) is 48.7 Å².